The van der Waals surface area contributed by atoms with Crippen molar-refractivity contribution in [2.24, 2.45) is 4.99 Å². The van der Waals surface area contributed by atoms with Crippen molar-refractivity contribution in [1.82, 2.24) is 9.80 Å². The van der Waals surface area contributed by atoms with Crippen LogP contribution in [0.4, 0.5) is 0 Å². The lowest BCUT2D eigenvalue weighted by atomic mass is 10.1. The van der Waals surface area contributed by atoms with Crippen LogP contribution in [0.1, 0.15) is 15.9 Å². The molecule has 0 aliphatic carbocycles. The number of hydrogen-bond donors (Lipinski definition) is 0. The molecular formula is C15H24IN3O2. The van der Waals surface area contributed by atoms with Crippen LogP contribution >= 0.6 is 24.0 Å². The monoisotopic (exact) mass is 405 g/mol. The smallest absolute Gasteiger partial charge is 0.337 e. The van der Waals surface area contributed by atoms with E-state index in [1.165, 1.54) is 7.11 Å². The highest BCUT2D eigenvalue weighted by Crippen LogP contribution is 2.07. The molecule has 21 heavy (non-hydrogen) atoms. The van der Waals surface area contributed by atoms with E-state index < -0.39 is 0 Å². The summed E-state index contributed by atoms with van der Waals surface area (Å²) < 4.78 is 4.72. The summed E-state index contributed by atoms with van der Waals surface area (Å²) in [5, 5.41) is 0. The molecule has 0 aliphatic heterocycles. The average Bonchev–Trinajstić information content (AvgIpc) is 2.42. The molecule has 0 saturated heterocycles. The summed E-state index contributed by atoms with van der Waals surface area (Å²) in [5.41, 5.74) is 1.66. The maximum absolute atomic E-state index is 11.5. The van der Waals surface area contributed by atoms with Gasteiger partial charge in [0.1, 0.15) is 0 Å². The summed E-state index contributed by atoms with van der Waals surface area (Å²) in [5.74, 6) is 0.617. The Morgan fingerprint density at radius 2 is 1.81 bits per heavy atom. The Morgan fingerprint density at radius 3 is 2.33 bits per heavy atom. The zero-order valence-electron chi connectivity index (χ0n) is 13.3. The Balaban J connectivity index is 0.00000400. The third-order valence-electron chi connectivity index (χ3n) is 2.80. The predicted molar refractivity (Wildman–Crippen MR) is 96.6 cm³/mol. The minimum absolute atomic E-state index is 0. The first-order valence-electron chi connectivity index (χ1n) is 6.52. The van der Waals surface area contributed by atoms with E-state index in [0.29, 0.717) is 12.1 Å². The maximum Gasteiger partial charge on any atom is 0.337 e. The van der Waals surface area contributed by atoms with Gasteiger partial charge in [-0.25, -0.2) is 4.79 Å². The molecular weight excluding hydrogens is 381 g/mol. The highest BCUT2D eigenvalue weighted by molar-refractivity contribution is 14.0. The standard InChI is InChI=1S/C15H23N3O2.HI/c1-17(2)15(18(3)4)16-10-9-12-7-6-8-13(11-12)14(19)20-5;/h6-8,11H,9-10H2,1-5H3;1H. The Morgan fingerprint density at radius 1 is 1.19 bits per heavy atom. The second-order valence-electron chi connectivity index (χ2n) is 4.91. The molecule has 0 unspecified atom stereocenters. The van der Waals surface area contributed by atoms with Crippen molar-refractivity contribution in [2.75, 3.05) is 41.8 Å². The molecule has 0 heterocycles. The number of guanidine groups is 1. The number of esters is 1. The van der Waals surface area contributed by atoms with Crippen molar-refractivity contribution in [3.63, 3.8) is 0 Å². The third kappa shape index (κ3) is 6.33. The van der Waals surface area contributed by atoms with E-state index in [-0.39, 0.29) is 29.9 Å². The van der Waals surface area contributed by atoms with Gasteiger partial charge in [-0.05, 0) is 24.1 Å². The summed E-state index contributed by atoms with van der Waals surface area (Å²) in [6, 6.07) is 7.47. The van der Waals surface area contributed by atoms with Gasteiger partial charge in [0.15, 0.2) is 5.96 Å². The molecule has 0 spiro atoms. The second-order valence-corrected chi connectivity index (χ2v) is 4.91. The van der Waals surface area contributed by atoms with E-state index in [9.17, 15) is 4.79 Å². The number of benzene rings is 1. The van der Waals surface area contributed by atoms with Crippen molar-refractivity contribution in [3.8, 4) is 0 Å². The van der Waals surface area contributed by atoms with E-state index in [4.69, 9.17) is 4.74 Å². The van der Waals surface area contributed by atoms with Gasteiger partial charge in [0.05, 0.1) is 12.7 Å². The summed E-state index contributed by atoms with van der Waals surface area (Å²) >= 11 is 0. The van der Waals surface area contributed by atoms with Gasteiger partial charge in [-0.15, -0.1) is 24.0 Å². The van der Waals surface area contributed by atoms with E-state index >= 15 is 0 Å². The first-order chi connectivity index (χ1) is 9.45. The molecule has 0 aliphatic rings. The molecule has 0 aromatic heterocycles. The lowest BCUT2D eigenvalue weighted by molar-refractivity contribution is 0.0600. The van der Waals surface area contributed by atoms with Gasteiger partial charge >= 0.3 is 5.97 Å². The van der Waals surface area contributed by atoms with Gasteiger partial charge in [-0.1, -0.05) is 12.1 Å². The summed E-state index contributed by atoms with van der Waals surface area (Å²) in [7, 11) is 9.26. The number of aliphatic imine (C=N–C) groups is 1. The number of nitrogens with zero attached hydrogens (tertiary/aromatic N) is 3. The molecule has 5 nitrogen and oxygen atoms in total. The first kappa shape index (κ1) is 19.7. The third-order valence-corrected chi connectivity index (χ3v) is 2.80. The largest absolute Gasteiger partial charge is 0.465 e. The van der Waals surface area contributed by atoms with Crippen molar-refractivity contribution < 1.29 is 9.53 Å². The van der Waals surface area contributed by atoms with Crippen LogP contribution in [0.15, 0.2) is 29.3 Å². The number of halogens is 1. The van der Waals surface area contributed by atoms with E-state index in [2.05, 4.69) is 4.99 Å². The highest BCUT2D eigenvalue weighted by Gasteiger charge is 2.06. The molecule has 1 aromatic carbocycles. The fraction of sp³-hybridized carbons (Fsp3) is 0.467. The number of methoxy groups -OCH3 is 1. The second kappa shape index (κ2) is 9.59. The van der Waals surface area contributed by atoms with Crippen molar-refractivity contribution in [2.45, 2.75) is 6.42 Å². The number of carbonyl (C=O) groups excluding carboxylic acids is 1. The fourth-order valence-electron chi connectivity index (χ4n) is 1.94. The minimum atomic E-state index is -0.308. The molecule has 118 valence electrons. The van der Waals surface area contributed by atoms with Gasteiger partial charge in [0.25, 0.3) is 0 Å². The zero-order chi connectivity index (χ0) is 15.1. The SMILES string of the molecule is COC(=O)c1cccc(CCN=C(N(C)C)N(C)C)c1.I. The van der Waals surface area contributed by atoms with E-state index in [1.54, 1.807) is 6.07 Å². The van der Waals surface area contributed by atoms with Gasteiger partial charge in [-0.2, -0.15) is 0 Å². The molecule has 0 saturated carbocycles. The van der Waals surface area contributed by atoms with Crippen LogP contribution in [0.5, 0.6) is 0 Å². The summed E-state index contributed by atoms with van der Waals surface area (Å²) in [4.78, 5) is 20.0. The van der Waals surface area contributed by atoms with Gasteiger partial charge in [0.2, 0.25) is 0 Å². The minimum Gasteiger partial charge on any atom is -0.465 e. The van der Waals surface area contributed by atoms with E-state index in [1.807, 2.05) is 56.2 Å². The molecule has 0 atom stereocenters. The topological polar surface area (TPSA) is 45.1 Å². The summed E-state index contributed by atoms with van der Waals surface area (Å²) in [6.07, 6.45) is 0.788. The Hall–Kier alpha value is -1.31. The lowest BCUT2D eigenvalue weighted by Crippen LogP contribution is -2.35. The van der Waals surface area contributed by atoms with Gasteiger partial charge in [-0.3, -0.25) is 4.99 Å². The molecule has 1 aromatic rings. The highest BCUT2D eigenvalue weighted by atomic mass is 127. The lowest BCUT2D eigenvalue weighted by Gasteiger charge is -2.22. The predicted octanol–water partition coefficient (Wildman–Crippen LogP) is 2.11. The first-order valence-corrected chi connectivity index (χ1v) is 6.52. The Bertz CT molecular complexity index is 478. The molecule has 0 amide bonds. The fourth-order valence-corrected chi connectivity index (χ4v) is 1.94. The zero-order valence-corrected chi connectivity index (χ0v) is 15.6. The van der Waals surface area contributed by atoms with Crippen LogP contribution in [0.3, 0.4) is 0 Å². The molecule has 0 radical (unpaired) electrons. The van der Waals surface area contributed by atoms with E-state index in [0.717, 1.165) is 17.9 Å². The number of carbonyl (C=O) groups is 1. The number of rotatable bonds is 4. The van der Waals surface area contributed by atoms with Crippen LogP contribution < -0.4 is 0 Å². The molecule has 0 bridgehead atoms. The van der Waals surface area contributed by atoms with Gasteiger partial charge in [0, 0.05) is 34.7 Å². The van der Waals surface area contributed by atoms with Crippen molar-refractivity contribution >= 4 is 35.9 Å². The van der Waals surface area contributed by atoms with Crippen LogP contribution in [0, 0.1) is 0 Å². The quantitative estimate of drug-likeness (QED) is 0.333. The Labute approximate surface area is 144 Å². The average molecular weight is 405 g/mol. The Kier molecular flexibility index (Phi) is 9.00. The number of hydrogen-bond acceptors (Lipinski definition) is 3. The van der Waals surface area contributed by atoms with Crippen molar-refractivity contribution in [1.29, 1.82) is 0 Å². The van der Waals surface area contributed by atoms with Crippen LogP contribution in [-0.4, -0.2) is 63.6 Å². The molecule has 1 rings (SSSR count). The van der Waals surface area contributed by atoms with Crippen molar-refractivity contribution in [3.05, 3.63) is 35.4 Å². The van der Waals surface area contributed by atoms with Gasteiger partial charge < -0.3 is 14.5 Å². The summed E-state index contributed by atoms with van der Waals surface area (Å²) in [6.45, 7) is 0.677. The molecule has 0 fully saturated rings. The molecule has 6 heteroatoms. The van der Waals surface area contributed by atoms with Crippen LogP contribution in [0.25, 0.3) is 0 Å². The molecule has 0 N–H and O–H groups in total. The number of ether oxygens (including phenoxy) is 1. The van der Waals surface area contributed by atoms with Crippen LogP contribution in [0.2, 0.25) is 0 Å². The normalized spacial score (nSPS) is 9.38. The maximum atomic E-state index is 11.5. The van der Waals surface area contributed by atoms with Crippen LogP contribution in [-0.2, 0) is 11.2 Å².